The maximum absolute atomic E-state index is 2.75. The first kappa shape index (κ1) is 25.3. The summed E-state index contributed by atoms with van der Waals surface area (Å²) >= 11 is 0. The van der Waals surface area contributed by atoms with Crippen molar-refractivity contribution in [3.05, 3.63) is 43.3 Å². The summed E-state index contributed by atoms with van der Waals surface area (Å²) in [4.78, 5) is 0. The van der Waals surface area contributed by atoms with Crippen molar-refractivity contribution in [3.8, 4) is 0 Å². The second kappa shape index (κ2) is 7.57. The van der Waals surface area contributed by atoms with Gasteiger partial charge in [-0.2, -0.15) is 0 Å². The first-order chi connectivity index (χ1) is 12.7. The van der Waals surface area contributed by atoms with E-state index in [0.29, 0.717) is 0 Å². The molecule has 5 heteroatoms. The van der Waals surface area contributed by atoms with Crippen LogP contribution in [0.15, 0.2) is 43.3 Å². The Morgan fingerprint density at radius 3 is 1.17 bits per heavy atom. The molecule has 2 aliphatic rings. The number of hydrogen-bond acceptors (Lipinski definition) is 0. The van der Waals surface area contributed by atoms with Crippen molar-refractivity contribution in [1.29, 1.82) is 0 Å². The largest absolute Gasteiger partial charge is 0.107 e. The van der Waals surface area contributed by atoms with Gasteiger partial charge in [-0.25, -0.2) is 0 Å². The molecule has 0 bridgehead atoms. The topological polar surface area (TPSA) is 0 Å². The van der Waals surface area contributed by atoms with Gasteiger partial charge in [0.15, 0.2) is 0 Å². The van der Waals surface area contributed by atoms with Crippen molar-refractivity contribution >= 4 is 40.4 Å². The van der Waals surface area contributed by atoms with Gasteiger partial charge >= 0.3 is 0 Å². The highest BCUT2D eigenvalue weighted by Crippen LogP contribution is 2.46. The summed E-state index contributed by atoms with van der Waals surface area (Å²) in [5, 5.41) is 11.1. The SMILES string of the molecule is C[Si](C)(C)C1=CC([Si](C)(C)C2=CC([Si](C)(C)C)=C([Si](C)(C)C)C2)=C([Si](C)(C)C)C1. The van der Waals surface area contributed by atoms with Crippen molar-refractivity contribution in [3.63, 3.8) is 0 Å². The molecular weight excluding hydrogens is 429 g/mol. The average Bonchev–Trinajstić information content (AvgIpc) is 3.10. The van der Waals surface area contributed by atoms with E-state index >= 15 is 0 Å². The number of hydrogen-bond donors (Lipinski definition) is 0. The summed E-state index contributed by atoms with van der Waals surface area (Å²) in [6.45, 7) is 36.1. The quantitative estimate of drug-likeness (QED) is 0.337. The van der Waals surface area contributed by atoms with Crippen LogP contribution >= 0.6 is 0 Å². The Balaban J connectivity index is 2.61. The third kappa shape index (κ3) is 5.28. The maximum Gasteiger partial charge on any atom is 0.107 e. The molecule has 0 aromatic heterocycles. The third-order valence-electron chi connectivity index (χ3n) is 7.08. The molecule has 2 aliphatic carbocycles. The molecular formula is C24H48Si5. The molecule has 0 atom stereocenters. The van der Waals surface area contributed by atoms with Crippen LogP contribution in [0.2, 0.25) is 91.7 Å². The van der Waals surface area contributed by atoms with Crippen LogP contribution in [0.4, 0.5) is 0 Å². The van der Waals surface area contributed by atoms with Gasteiger partial charge in [0, 0.05) is 0 Å². The van der Waals surface area contributed by atoms with Crippen molar-refractivity contribution < 1.29 is 0 Å². The lowest BCUT2D eigenvalue weighted by Gasteiger charge is -2.32. The van der Waals surface area contributed by atoms with E-state index in [-0.39, 0.29) is 0 Å². The lowest BCUT2D eigenvalue weighted by atomic mass is 10.5. The van der Waals surface area contributed by atoms with Crippen molar-refractivity contribution in [1.82, 2.24) is 0 Å². The highest BCUT2D eigenvalue weighted by molar-refractivity contribution is 6.97. The average molecular weight is 477 g/mol. The van der Waals surface area contributed by atoms with Crippen molar-refractivity contribution in [2.24, 2.45) is 0 Å². The molecule has 0 unspecified atom stereocenters. The third-order valence-corrected chi connectivity index (χ3v) is 20.1. The van der Waals surface area contributed by atoms with Gasteiger partial charge in [-0.05, 0) is 12.8 Å². The van der Waals surface area contributed by atoms with E-state index in [0.717, 1.165) is 0 Å². The molecule has 0 nitrogen and oxygen atoms in total. The Morgan fingerprint density at radius 2 is 0.828 bits per heavy atom. The summed E-state index contributed by atoms with van der Waals surface area (Å²) in [5.74, 6) is 0. The van der Waals surface area contributed by atoms with Gasteiger partial charge in [0.25, 0.3) is 0 Å². The highest BCUT2D eigenvalue weighted by atomic mass is 28.3. The molecule has 164 valence electrons. The molecule has 0 aliphatic heterocycles. The van der Waals surface area contributed by atoms with Crippen LogP contribution in [-0.4, -0.2) is 40.4 Å². The minimum Gasteiger partial charge on any atom is -0.0782 e. The molecule has 0 spiro atoms. The zero-order valence-electron chi connectivity index (χ0n) is 22.1. The Labute approximate surface area is 187 Å². The van der Waals surface area contributed by atoms with E-state index < -0.39 is 40.4 Å². The minimum absolute atomic E-state index is 1.24. The molecule has 2 rings (SSSR count). The van der Waals surface area contributed by atoms with Crippen LogP contribution in [0.3, 0.4) is 0 Å². The van der Waals surface area contributed by atoms with Gasteiger partial charge in [0.2, 0.25) is 0 Å². The van der Waals surface area contributed by atoms with E-state index in [1.807, 2.05) is 31.2 Å². The summed E-state index contributed by atoms with van der Waals surface area (Å²) in [5.41, 5.74) is 0. The summed E-state index contributed by atoms with van der Waals surface area (Å²) in [7, 11) is -6.80. The highest BCUT2D eigenvalue weighted by Gasteiger charge is 2.43. The van der Waals surface area contributed by atoms with E-state index in [2.05, 4.69) is 104 Å². The van der Waals surface area contributed by atoms with E-state index in [1.165, 1.54) is 12.8 Å². The fourth-order valence-electron chi connectivity index (χ4n) is 4.82. The predicted octanol–water partition coefficient (Wildman–Crippen LogP) is 8.54. The molecule has 0 aromatic rings. The van der Waals surface area contributed by atoms with Crippen LogP contribution < -0.4 is 0 Å². The lowest BCUT2D eigenvalue weighted by molar-refractivity contribution is 1.27. The summed E-state index contributed by atoms with van der Waals surface area (Å²) in [6.07, 6.45) is 8.10. The minimum atomic E-state index is -1.65. The first-order valence-corrected chi connectivity index (χ1v) is 28.6. The first-order valence-electron chi connectivity index (χ1n) is 11.6. The fourth-order valence-corrected chi connectivity index (χ4v) is 18.7. The standard InChI is InChI=1S/C24H48Si5/c1-25(2,3)19-15-23(28(10,11)12)24(16-19)29(13,14)20-17-21(26(4,5)6)22(18-20)27(7,8)9/h16-17H,15,18H2,1-14H3. The van der Waals surface area contributed by atoms with Crippen LogP contribution in [0.25, 0.3) is 0 Å². The van der Waals surface area contributed by atoms with Crippen molar-refractivity contribution in [2.45, 2.75) is 104 Å². The predicted molar refractivity (Wildman–Crippen MR) is 150 cm³/mol. The molecule has 0 heterocycles. The number of allylic oxidation sites excluding steroid dienone is 8. The maximum atomic E-state index is 2.75. The Bertz CT molecular complexity index is 807. The Kier molecular flexibility index (Phi) is 6.61. The van der Waals surface area contributed by atoms with Gasteiger partial charge in [-0.1, -0.05) is 135 Å². The molecule has 0 fully saturated rings. The van der Waals surface area contributed by atoms with E-state index in [4.69, 9.17) is 0 Å². The Morgan fingerprint density at radius 1 is 0.448 bits per heavy atom. The molecule has 0 amide bonds. The second-order valence-corrected chi connectivity index (χ2v) is 38.9. The van der Waals surface area contributed by atoms with Crippen LogP contribution in [0, 0.1) is 0 Å². The summed E-state index contributed by atoms with van der Waals surface area (Å²) in [6, 6.07) is 0. The van der Waals surface area contributed by atoms with Crippen LogP contribution in [-0.2, 0) is 0 Å². The summed E-state index contributed by atoms with van der Waals surface area (Å²) < 4.78 is 0. The number of rotatable bonds is 6. The molecule has 0 saturated heterocycles. The fraction of sp³-hybridized carbons (Fsp3) is 0.667. The molecule has 0 aromatic carbocycles. The zero-order chi connectivity index (χ0) is 22.8. The van der Waals surface area contributed by atoms with Crippen LogP contribution in [0.5, 0.6) is 0 Å². The lowest BCUT2D eigenvalue weighted by Crippen LogP contribution is -2.36. The zero-order valence-corrected chi connectivity index (χ0v) is 27.1. The molecule has 0 saturated carbocycles. The normalized spacial score (nSPS) is 19.9. The monoisotopic (exact) mass is 476 g/mol. The van der Waals surface area contributed by atoms with Gasteiger partial charge in [0.1, 0.15) is 8.07 Å². The van der Waals surface area contributed by atoms with Crippen LogP contribution in [0.1, 0.15) is 12.8 Å². The van der Waals surface area contributed by atoms with Gasteiger partial charge in [-0.15, -0.1) is 0 Å². The van der Waals surface area contributed by atoms with E-state index in [1.54, 1.807) is 0 Å². The van der Waals surface area contributed by atoms with Crippen molar-refractivity contribution in [2.75, 3.05) is 0 Å². The molecule has 0 radical (unpaired) electrons. The van der Waals surface area contributed by atoms with Gasteiger partial charge in [-0.3, -0.25) is 0 Å². The molecule has 0 N–H and O–H groups in total. The molecule has 29 heavy (non-hydrogen) atoms. The smallest absolute Gasteiger partial charge is 0.0782 e. The second-order valence-electron chi connectivity index (χ2n) is 14.1. The van der Waals surface area contributed by atoms with E-state index in [9.17, 15) is 0 Å². The van der Waals surface area contributed by atoms with Gasteiger partial charge in [0.05, 0.1) is 32.3 Å². The van der Waals surface area contributed by atoms with Gasteiger partial charge < -0.3 is 0 Å². The Hall–Kier alpha value is 0.0444.